The topological polar surface area (TPSA) is 59.1 Å². The third-order valence-electron chi connectivity index (χ3n) is 1.47. The largest absolute Gasteiger partial charge is 0.397 e. The molecule has 0 aromatic carbocycles. The predicted octanol–water partition coefficient (Wildman–Crippen LogP) is 1.65. The molecule has 3 nitrogen and oxygen atoms in total. The molecule has 12 heavy (non-hydrogen) atoms. The van der Waals surface area contributed by atoms with Crippen molar-refractivity contribution in [3.05, 3.63) is 22.4 Å². The van der Waals surface area contributed by atoms with Crippen LogP contribution in [0.4, 0.5) is 5.69 Å². The fourth-order valence-corrected chi connectivity index (χ4v) is 1.25. The minimum Gasteiger partial charge on any atom is -0.397 e. The van der Waals surface area contributed by atoms with Crippen LogP contribution in [0.1, 0.15) is 19.5 Å². The van der Waals surface area contributed by atoms with Crippen molar-refractivity contribution in [3.8, 4) is 0 Å². The smallest absolute Gasteiger partial charge is 0.106 e. The monoisotopic (exact) mass is 230 g/mol. The van der Waals surface area contributed by atoms with E-state index in [1.807, 2.05) is 0 Å². The van der Waals surface area contributed by atoms with Gasteiger partial charge in [-0.15, -0.1) is 0 Å². The van der Waals surface area contributed by atoms with E-state index < -0.39 is 5.60 Å². The van der Waals surface area contributed by atoms with Gasteiger partial charge in [0.25, 0.3) is 0 Å². The summed E-state index contributed by atoms with van der Waals surface area (Å²) < 4.78 is 0.675. The zero-order valence-electron chi connectivity index (χ0n) is 7.00. The number of nitrogens with zero attached hydrogens (tertiary/aromatic N) is 1. The van der Waals surface area contributed by atoms with E-state index in [0.717, 1.165) is 0 Å². The first kappa shape index (κ1) is 9.48. The molecule has 1 aromatic rings. The summed E-state index contributed by atoms with van der Waals surface area (Å²) in [7, 11) is 0. The zero-order valence-corrected chi connectivity index (χ0v) is 8.59. The number of hydrogen-bond acceptors (Lipinski definition) is 3. The zero-order chi connectivity index (χ0) is 9.35. The molecule has 1 heterocycles. The van der Waals surface area contributed by atoms with Gasteiger partial charge in [-0.2, -0.15) is 0 Å². The Bertz CT molecular complexity index is 294. The van der Waals surface area contributed by atoms with Gasteiger partial charge in [-0.05, 0) is 41.9 Å². The van der Waals surface area contributed by atoms with E-state index in [1.165, 1.54) is 0 Å². The Morgan fingerprint density at radius 1 is 1.50 bits per heavy atom. The maximum Gasteiger partial charge on any atom is 0.106 e. The van der Waals surface area contributed by atoms with Gasteiger partial charge >= 0.3 is 0 Å². The summed E-state index contributed by atoms with van der Waals surface area (Å²) in [5.74, 6) is 0. The number of nitrogens with two attached hydrogens (primary N) is 1. The van der Waals surface area contributed by atoms with E-state index in [1.54, 1.807) is 26.0 Å². The van der Waals surface area contributed by atoms with Crippen LogP contribution in [-0.2, 0) is 5.60 Å². The summed E-state index contributed by atoms with van der Waals surface area (Å²) in [5, 5.41) is 9.63. The normalized spacial score (nSPS) is 11.7. The van der Waals surface area contributed by atoms with Crippen LogP contribution < -0.4 is 5.73 Å². The number of aliphatic hydroxyl groups is 1. The van der Waals surface area contributed by atoms with Gasteiger partial charge in [-0.25, -0.2) is 4.98 Å². The Balaban J connectivity index is 3.23. The predicted molar refractivity (Wildman–Crippen MR) is 51.6 cm³/mol. The number of nitrogen functional groups attached to an aromatic ring is 1. The molecule has 0 unspecified atom stereocenters. The molecule has 1 rings (SSSR count). The standard InChI is InChI=1S/C8H11BrN2O/c1-8(2,12)7-5(10)3-4-6(9)11-7/h3-4,12H,10H2,1-2H3. The van der Waals surface area contributed by atoms with Gasteiger partial charge in [0.15, 0.2) is 0 Å². The third kappa shape index (κ3) is 1.95. The van der Waals surface area contributed by atoms with Crippen LogP contribution in [0.25, 0.3) is 0 Å². The highest BCUT2D eigenvalue weighted by atomic mass is 79.9. The third-order valence-corrected chi connectivity index (χ3v) is 1.91. The molecule has 4 heteroatoms. The summed E-state index contributed by atoms with van der Waals surface area (Å²) >= 11 is 3.21. The van der Waals surface area contributed by atoms with E-state index >= 15 is 0 Å². The van der Waals surface area contributed by atoms with Crippen molar-refractivity contribution in [1.29, 1.82) is 0 Å². The molecule has 66 valence electrons. The van der Waals surface area contributed by atoms with Crippen LogP contribution in [0.5, 0.6) is 0 Å². The van der Waals surface area contributed by atoms with Crippen molar-refractivity contribution < 1.29 is 5.11 Å². The van der Waals surface area contributed by atoms with Crippen molar-refractivity contribution >= 4 is 21.6 Å². The fourth-order valence-electron chi connectivity index (χ4n) is 0.936. The molecule has 0 radical (unpaired) electrons. The summed E-state index contributed by atoms with van der Waals surface area (Å²) in [6.07, 6.45) is 0. The molecule has 0 spiro atoms. The molecule has 0 aliphatic heterocycles. The van der Waals surface area contributed by atoms with Gasteiger partial charge in [0, 0.05) is 0 Å². The highest BCUT2D eigenvalue weighted by Gasteiger charge is 2.20. The molecule has 3 N–H and O–H groups in total. The van der Waals surface area contributed by atoms with E-state index in [0.29, 0.717) is 16.0 Å². The van der Waals surface area contributed by atoms with Crippen LogP contribution in [0.15, 0.2) is 16.7 Å². The number of rotatable bonds is 1. The van der Waals surface area contributed by atoms with Crippen LogP contribution in [0, 0.1) is 0 Å². The van der Waals surface area contributed by atoms with E-state index in [-0.39, 0.29) is 0 Å². The van der Waals surface area contributed by atoms with Crippen molar-refractivity contribution in [2.24, 2.45) is 0 Å². The van der Waals surface area contributed by atoms with Crippen molar-refractivity contribution in [1.82, 2.24) is 4.98 Å². The Hall–Kier alpha value is -0.610. The SMILES string of the molecule is CC(C)(O)c1nc(Br)ccc1N. The number of aromatic nitrogens is 1. The minimum absolute atomic E-state index is 0.497. The van der Waals surface area contributed by atoms with Crippen LogP contribution in [-0.4, -0.2) is 10.1 Å². The van der Waals surface area contributed by atoms with Crippen molar-refractivity contribution in [2.75, 3.05) is 5.73 Å². The number of pyridine rings is 1. The average molecular weight is 231 g/mol. The highest BCUT2D eigenvalue weighted by molar-refractivity contribution is 9.10. The van der Waals surface area contributed by atoms with Gasteiger partial charge in [-0.3, -0.25) is 0 Å². The number of hydrogen-bond donors (Lipinski definition) is 2. The molecule has 0 amide bonds. The molecule has 0 bridgehead atoms. The summed E-state index contributed by atoms with van der Waals surface area (Å²) in [6.45, 7) is 3.30. The molecule has 0 saturated carbocycles. The van der Waals surface area contributed by atoms with Crippen LogP contribution in [0.3, 0.4) is 0 Å². The molecular weight excluding hydrogens is 220 g/mol. The first-order valence-corrected chi connectivity index (χ1v) is 4.35. The van der Waals surface area contributed by atoms with Crippen LogP contribution >= 0.6 is 15.9 Å². The maximum absolute atomic E-state index is 9.63. The average Bonchev–Trinajstić information content (AvgIpc) is 1.92. The molecule has 1 aromatic heterocycles. The van der Waals surface area contributed by atoms with E-state index in [9.17, 15) is 5.11 Å². The number of anilines is 1. The molecule has 0 atom stereocenters. The molecular formula is C8H11BrN2O. The second-order valence-corrected chi connectivity index (χ2v) is 3.94. The first-order chi connectivity index (χ1) is 5.41. The summed E-state index contributed by atoms with van der Waals surface area (Å²) in [4.78, 5) is 4.09. The Morgan fingerprint density at radius 2 is 2.08 bits per heavy atom. The van der Waals surface area contributed by atoms with Gasteiger partial charge in [0.1, 0.15) is 10.2 Å². The van der Waals surface area contributed by atoms with E-state index in [2.05, 4.69) is 20.9 Å². The second-order valence-electron chi connectivity index (χ2n) is 3.13. The van der Waals surface area contributed by atoms with Crippen molar-refractivity contribution in [3.63, 3.8) is 0 Å². The maximum atomic E-state index is 9.63. The molecule has 0 fully saturated rings. The molecule has 0 saturated heterocycles. The Morgan fingerprint density at radius 3 is 2.50 bits per heavy atom. The van der Waals surface area contributed by atoms with E-state index in [4.69, 9.17) is 5.73 Å². The minimum atomic E-state index is -0.992. The quantitative estimate of drug-likeness (QED) is 0.722. The molecule has 0 aliphatic rings. The lowest BCUT2D eigenvalue weighted by atomic mass is 10.0. The lowest BCUT2D eigenvalue weighted by Gasteiger charge is -2.18. The summed E-state index contributed by atoms with van der Waals surface area (Å²) in [6, 6.07) is 3.45. The van der Waals surface area contributed by atoms with Gasteiger partial charge in [-0.1, -0.05) is 0 Å². The molecule has 0 aliphatic carbocycles. The highest BCUT2D eigenvalue weighted by Crippen LogP contribution is 2.24. The lowest BCUT2D eigenvalue weighted by molar-refractivity contribution is 0.0746. The Kier molecular flexibility index (Phi) is 2.39. The van der Waals surface area contributed by atoms with Crippen LogP contribution in [0.2, 0.25) is 0 Å². The van der Waals surface area contributed by atoms with Gasteiger partial charge < -0.3 is 10.8 Å². The van der Waals surface area contributed by atoms with Gasteiger partial charge in [0.05, 0.1) is 11.4 Å². The number of halogens is 1. The second kappa shape index (κ2) is 3.03. The van der Waals surface area contributed by atoms with Gasteiger partial charge in [0.2, 0.25) is 0 Å². The fraction of sp³-hybridized carbons (Fsp3) is 0.375. The Labute approximate surface area is 79.7 Å². The summed E-state index contributed by atoms with van der Waals surface area (Å²) in [5.41, 5.74) is 5.64. The first-order valence-electron chi connectivity index (χ1n) is 3.56. The van der Waals surface area contributed by atoms with Crippen molar-refractivity contribution in [2.45, 2.75) is 19.4 Å². The lowest BCUT2D eigenvalue weighted by Crippen LogP contribution is -2.19.